The number of amides is 2. The van der Waals surface area contributed by atoms with Crippen molar-refractivity contribution < 1.29 is 19.1 Å². The van der Waals surface area contributed by atoms with Crippen LogP contribution >= 0.6 is 11.6 Å². The van der Waals surface area contributed by atoms with Gasteiger partial charge in [0.15, 0.2) is 0 Å². The number of carbonyl (C=O) groups excluding carboxylic acids is 3. The number of tetrazole rings is 1. The Balaban J connectivity index is 1.41. The molecule has 0 radical (unpaired) electrons. The highest BCUT2D eigenvalue weighted by molar-refractivity contribution is 6.30. The predicted molar refractivity (Wildman–Crippen MR) is 160 cm³/mol. The standard InChI is InChI=1S/C30H29ClN8O4/c1-30(2,3)43-29(42)18-4-8-22(9-5-18)35-28(41)27-23-15-21(32)16-33-24(23)12-13-38(27)26(40)11-6-19-14-20(31)7-10-25(19)39-17-34-36-37-39/h4-11,14-17,27H,12-13,32H2,1-3H3,(H,35,41). The van der Waals surface area contributed by atoms with E-state index in [4.69, 9.17) is 22.1 Å². The maximum absolute atomic E-state index is 13.8. The van der Waals surface area contributed by atoms with Crippen LogP contribution in [0.3, 0.4) is 0 Å². The Morgan fingerprint density at radius 3 is 2.58 bits per heavy atom. The Kier molecular flexibility index (Phi) is 8.22. The summed E-state index contributed by atoms with van der Waals surface area (Å²) in [4.78, 5) is 45.7. The lowest BCUT2D eigenvalue weighted by Crippen LogP contribution is -2.45. The number of ether oxygens (including phenoxy) is 1. The molecule has 0 aliphatic carbocycles. The number of rotatable bonds is 6. The van der Waals surface area contributed by atoms with Crippen molar-refractivity contribution >= 4 is 46.8 Å². The fourth-order valence-corrected chi connectivity index (χ4v) is 4.83. The quantitative estimate of drug-likeness (QED) is 0.246. The maximum atomic E-state index is 13.8. The average molecular weight is 601 g/mol. The number of pyridine rings is 1. The lowest BCUT2D eigenvalue weighted by Gasteiger charge is -2.35. The highest BCUT2D eigenvalue weighted by Gasteiger charge is 2.36. The lowest BCUT2D eigenvalue weighted by atomic mass is 9.95. The first-order valence-corrected chi connectivity index (χ1v) is 13.8. The van der Waals surface area contributed by atoms with Crippen molar-refractivity contribution in [1.29, 1.82) is 0 Å². The molecule has 0 saturated heterocycles. The highest BCUT2D eigenvalue weighted by atomic mass is 35.5. The first-order valence-electron chi connectivity index (χ1n) is 13.4. The van der Waals surface area contributed by atoms with Crippen molar-refractivity contribution in [3.63, 3.8) is 0 Å². The van der Waals surface area contributed by atoms with Crippen molar-refractivity contribution in [2.45, 2.75) is 38.8 Å². The summed E-state index contributed by atoms with van der Waals surface area (Å²) >= 11 is 6.22. The SMILES string of the molecule is CC(C)(C)OC(=O)c1ccc(NC(=O)C2c3cc(N)cnc3CCN2C(=O)C=Cc2cc(Cl)ccc2-n2cnnn2)cc1. The number of hydrogen-bond donors (Lipinski definition) is 2. The fourth-order valence-electron chi connectivity index (χ4n) is 4.65. The first-order chi connectivity index (χ1) is 20.5. The van der Waals surface area contributed by atoms with Crippen LogP contribution in [0.4, 0.5) is 11.4 Å². The number of aromatic nitrogens is 5. The van der Waals surface area contributed by atoms with Gasteiger partial charge in [-0.2, -0.15) is 4.68 Å². The zero-order valence-corrected chi connectivity index (χ0v) is 24.4. The molecule has 2 aromatic carbocycles. The van der Waals surface area contributed by atoms with Crippen LogP contribution in [0.5, 0.6) is 0 Å². The number of hydrogen-bond acceptors (Lipinski definition) is 9. The van der Waals surface area contributed by atoms with E-state index in [0.717, 1.165) is 0 Å². The molecule has 1 unspecified atom stereocenters. The van der Waals surface area contributed by atoms with Gasteiger partial charge in [0.05, 0.1) is 23.1 Å². The van der Waals surface area contributed by atoms with Gasteiger partial charge in [0.25, 0.3) is 5.91 Å². The fraction of sp³-hybridized carbons (Fsp3) is 0.233. The molecule has 0 saturated carbocycles. The van der Waals surface area contributed by atoms with Crippen LogP contribution in [-0.2, 0) is 20.7 Å². The lowest BCUT2D eigenvalue weighted by molar-refractivity contribution is -0.135. The van der Waals surface area contributed by atoms with Gasteiger partial charge in [-0.3, -0.25) is 14.6 Å². The Hall–Kier alpha value is -5.10. The minimum Gasteiger partial charge on any atom is -0.456 e. The molecule has 43 heavy (non-hydrogen) atoms. The molecule has 2 amide bonds. The van der Waals surface area contributed by atoms with Gasteiger partial charge < -0.3 is 20.7 Å². The Labute approximate surface area is 252 Å². The molecule has 0 spiro atoms. The van der Waals surface area contributed by atoms with Crippen molar-refractivity contribution in [2.75, 3.05) is 17.6 Å². The summed E-state index contributed by atoms with van der Waals surface area (Å²) in [6, 6.07) is 12.1. The van der Waals surface area contributed by atoms with Crippen LogP contribution in [0.2, 0.25) is 5.02 Å². The number of nitrogens with zero attached hydrogens (tertiary/aromatic N) is 6. The normalized spacial score (nSPS) is 14.8. The van der Waals surface area contributed by atoms with Crippen molar-refractivity contribution in [3.8, 4) is 5.69 Å². The molecule has 12 nitrogen and oxygen atoms in total. The molecule has 0 fully saturated rings. The molecule has 0 bridgehead atoms. The summed E-state index contributed by atoms with van der Waals surface area (Å²) in [6.07, 6.45) is 6.38. The summed E-state index contributed by atoms with van der Waals surface area (Å²) < 4.78 is 6.86. The van der Waals surface area contributed by atoms with Gasteiger partial charge in [-0.05, 0) is 85.8 Å². The van der Waals surface area contributed by atoms with Gasteiger partial charge in [0.1, 0.15) is 18.0 Å². The Bertz CT molecular complexity index is 1700. The van der Waals surface area contributed by atoms with E-state index < -0.39 is 29.4 Å². The van der Waals surface area contributed by atoms with E-state index in [1.54, 1.807) is 75.4 Å². The predicted octanol–water partition coefficient (Wildman–Crippen LogP) is 4.03. The van der Waals surface area contributed by atoms with E-state index in [0.29, 0.717) is 50.9 Å². The molecule has 1 aliphatic rings. The number of halogens is 1. The van der Waals surface area contributed by atoms with Crippen LogP contribution in [0, 0.1) is 0 Å². The largest absolute Gasteiger partial charge is 0.456 e. The number of anilines is 2. The molecule has 13 heteroatoms. The second-order valence-corrected chi connectivity index (χ2v) is 11.3. The molecular weight excluding hydrogens is 572 g/mol. The number of carbonyl (C=O) groups is 3. The van der Waals surface area contributed by atoms with Gasteiger partial charge in [0.2, 0.25) is 5.91 Å². The van der Waals surface area contributed by atoms with Crippen LogP contribution < -0.4 is 11.1 Å². The number of nitrogens with one attached hydrogen (secondary N) is 1. The number of fused-ring (bicyclic) bond motifs is 1. The van der Waals surface area contributed by atoms with Crippen molar-refractivity contribution in [2.24, 2.45) is 0 Å². The van der Waals surface area contributed by atoms with Crippen LogP contribution in [-0.4, -0.2) is 60.0 Å². The second-order valence-electron chi connectivity index (χ2n) is 10.8. The van der Waals surface area contributed by atoms with Crippen LogP contribution in [0.15, 0.2) is 67.1 Å². The molecule has 2 aromatic heterocycles. The van der Waals surface area contributed by atoms with E-state index in [1.807, 2.05) is 0 Å². The molecule has 220 valence electrons. The van der Waals surface area contributed by atoms with E-state index in [1.165, 1.54) is 28.2 Å². The van der Waals surface area contributed by atoms with Crippen LogP contribution in [0.1, 0.15) is 54.0 Å². The minimum atomic E-state index is -1.01. The topological polar surface area (TPSA) is 158 Å². The van der Waals surface area contributed by atoms with E-state index in [2.05, 4.69) is 25.8 Å². The molecule has 3 heterocycles. The summed E-state index contributed by atoms with van der Waals surface area (Å²) in [5.41, 5.74) is 8.97. The zero-order valence-electron chi connectivity index (χ0n) is 23.7. The van der Waals surface area contributed by atoms with E-state index in [9.17, 15) is 14.4 Å². The smallest absolute Gasteiger partial charge is 0.338 e. The van der Waals surface area contributed by atoms with Gasteiger partial charge in [-0.25, -0.2) is 4.79 Å². The number of esters is 1. The molecule has 1 atom stereocenters. The Morgan fingerprint density at radius 2 is 1.88 bits per heavy atom. The third kappa shape index (κ3) is 6.87. The molecule has 1 aliphatic heterocycles. The van der Waals surface area contributed by atoms with Crippen molar-refractivity contribution in [3.05, 3.63) is 94.5 Å². The molecule has 4 aromatic rings. The van der Waals surface area contributed by atoms with Crippen molar-refractivity contribution in [1.82, 2.24) is 30.1 Å². The third-order valence-electron chi connectivity index (χ3n) is 6.53. The molecule has 5 rings (SSSR count). The highest BCUT2D eigenvalue weighted by Crippen LogP contribution is 2.32. The van der Waals surface area contributed by atoms with E-state index in [-0.39, 0.29) is 6.54 Å². The number of benzene rings is 2. The molecule has 3 N–H and O–H groups in total. The summed E-state index contributed by atoms with van der Waals surface area (Å²) in [7, 11) is 0. The van der Waals surface area contributed by atoms with Gasteiger partial charge >= 0.3 is 5.97 Å². The second kappa shape index (κ2) is 12.0. The minimum absolute atomic E-state index is 0.248. The van der Waals surface area contributed by atoms with Gasteiger partial charge in [0, 0.05) is 46.6 Å². The first kappa shape index (κ1) is 29.4. The zero-order chi connectivity index (χ0) is 30.7. The summed E-state index contributed by atoms with van der Waals surface area (Å²) in [5, 5.41) is 14.6. The maximum Gasteiger partial charge on any atom is 0.338 e. The number of nitrogen functional groups attached to an aromatic ring is 1. The van der Waals surface area contributed by atoms with Gasteiger partial charge in [-0.15, -0.1) is 5.10 Å². The Morgan fingerprint density at radius 1 is 1.12 bits per heavy atom. The van der Waals surface area contributed by atoms with Gasteiger partial charge in [-0.1, -0.05) is 11.6 Å². The van der Waals surface area contributed by atoms with E-state index >= 15 is 0 Å². The molecular formula is C30H29ClN8O4. The third-order valence-corrected chi connectivity index (χ3v) is 6.77. The summed E-state index contributed by atoms with van der Waals surface area (Å²) in [5.74, 6) is -1.34. The summed E-state index contributed by atoms with van der Waals surface area (Å²) in [6.45, 7) is 5.60. The average Bonchev–Trinajstić information content (AvgIpc) is 3.49. The number of nitrogens with two attached hydrogens (primary N) is 1. The monoisotopic (exact) mass is 600 g/mol. The van der Waals surface area contributed by atoms with Crippen LogP contribution in [0.25, 0.3) is 11.8 Å².